The van der Waals surface area contributed by atoms with Crippen molar-refractivity contribution in [3.63, 3.8) is 0 Å². The van der Waals surface area contributed by atoms with Crippen LogP contribution in [0.15, 0.2) is 71.2 Å². The molecule has 0 saturated carbocycles. The van der Waals surface area contributed by atoms with Crippen LogP contribution in [0.3, 0.4) is 0 Å². The molecule has 1 amide bonds. The van der Waals surface area contributed by atoms with Gasteiger partial charge in [-0.3, -0.25) is 9.20 Å². The van der Waals surface area contributed by atoms with Crippen molar-refractivity contribution in [1.82, 2.24) is 13.7 Å². The molecule has 1 fully saturated rings. The van der Waals surface area contributed by atoms with Crippen LogP contribution in [0, 0.1) is 0 Å². The first-order chi connectivity index (χ1) is 16.0. The molecule has 1 N–H and O–H groups in total. The zero-order chi connectivity index (χ0) is 23.0. The van der Waals surface area contributed by atoms with Crippen LogP contribution < -0.4 is 10.1 Å². The molecule has 1 saturated heterocycles. The van der Waals surface area contributed by atoms with E-state index < -0.39 is 16.1 Å². The molecule has 1 aliphatic heterocycles. The number of rotatable bonds is 6. The van der Waals surface area contributed by atoms with Crippen molar-refractivity contribution in [2.45, 2.75) is 23.8 Å². The number of nitrogens with zero attached hydrogens (tertiary/aromatic N) is 3. The van der Waals surface area contributed by atoms with Gasteiger partial charge in [0.15, 0.2) is 4.96 Å². The van der Waals surface area contributed by atoms with Crippen molar-refractivity contribution < 1.29 is 17.9 Å². The van der Waals surface area contributed by atoms with Crippen molar-refractivity contribution in [3.8, 4) is 17.0 Å². The van der Waals surface area contributed by atoms with E-state index in [0.29, 0.717) is 30.8 Å². The number of ether oxygens (including phenoxy) is 1. The Morgan fingerprint density at radius 3 is 2.61 bits per heavy atom. The Labute approximate surface area is 195 Å². The van der Waals surface area contributed by atoms with Crippen molar-refractivity contribution in [2.75, 3.05) is 19.0 Å². The maximum atomic E-state index is 13.2. The Hall–Kier alpha value is -3.21. The number of benzene rings is 2. The molecular formula is C23H22N4O4S2. The summed E-state index contributed by atoms with van der Waals surface area (Å²) in [5.74, 6) is 0.239. The maximum absolute atomic E-state index is 13.2. The number of carbonyl (C=O) groups is 1. The van der Waals surface area contributed by atoms with E-state index in [9.17, 15) is 13.2 Å². The number of carbonyl (C=O) groups excluding carboxylic acids is 1. The highest BCUT2D eigenvalue weighted by atomic mass is 32.2. The summed E-state index contributed by atoms with van der Waals surface area (Å²) in [4.78, 5) is 18.6. The molecule has 1 atom stereocenters. The zero-order valence-corrected chi connectivity index (χ0v) is 19.5. The summed E-state index contributed by atoms with van der Waals surface area (Å²) in [5.41, 5.74) is 2.40. The summed E-state index contributed by atoms with van der Waals surface area (Å²) >= 11 is 1.57. The number of imidazole rings is 1. The fraction of sp³-hybridized carbons (Fsp3) is 0.217. The summed E-state index contributed by atoms with van der Waals surface area (Å²) in [7, 11) is -2.27. The third kappa shape index (κ3) is 4.12. The molecule has 2 aromatic carbocycles. The van der Waals surface area contributed by atoms with E-state index in [1.54, 1.807) is 35.6 Å². The minimum Gasteiger partial charge on any atom is -0.497 e. The monoisotopic (exact) mass is 482 g/mol. The molecule has 4 aromatic rings. The molecule has 0 aliphatic carbocycles. The number of sulfonamides is 1. The van der Waals surface area contributed by atoms with Gasteiger partial charge in [0, 0.05) is 35.6 Å². The minimum atomic E-state index is -3.79. The highest BCUT2D eigenvalue weighted by molar-refractivity contribution is 7.89. The summed E-state index contributed by atoms with van der Waals surface area (Å²) in [5, 5.41) is 4.85. The van der Waals surface area contributed by atoms with Crippen LogP contribution in [0.2, 0.25) is 0 Å². The van der Waals surface area contributed by atoms with Gasteiger partial charge >= 0.3 is 0 Å². The number of nitrogens with one attached hydrogen (secondary N) is 1. The highest BCUT2D eigenvalue weighted by Gasteiger charge is 2.39. The molecular weight excluding hydrogens is 460 g/mol. The molecule has 33 heavy (non-hydrogen) atoms. The van der Waals surface area contributed by atoms with Crippen LogP contribution >= 0.6 is 11.3 Å². The van der Waals surface area contributed by atoms with Crippen molar-refractivity contribution >= 4 is 37.9 Å². The lowest BCUT2D eigenvalue weighted by Crippen LogP contribution is -2.43. The van der Waals surface area contributed by atoms with Crippen molar-refractivity contribution in [2.24, 2.45) is 0 Å². The van der Waals surface area contributed by atoms with Gasteiger partial charge in [0.25, 0.3) is 0 Å². The lowest BCUT2D eigenvalue weighted by molar-refractivity contribution is -0.119. The molecule has 0 radical (unpaired) electrons. The van der Waals surface area contributed by atoms with Crippen LogP contribution in [0.25, 0.3) is 16.2 Å². The van der Waals surface area contributed by atoms with Crippen LogP contribution in [-0.4, -0.2) is 47.7 Å². The number of fused-ring (bicyclic) bond motifs is 1. The second-order valence-corrected chi connectivity index (χ2v) is 10.5. The Morgan fingerprint density at radius 1 is 1.15 bits per heavy atom. The van der Waals surface area contributed by atoms with Gasteiger partial charge < -0.3 is 10.1 Å². The van der Waals surface area contributed by atoms with E-state index in [2.05, 4.69) is 10.3 Å². The van der Waals surface area contributed by atoms with Crippen LogP contribution in [0.4, 0.5) is 5.69 Å². The Balaban J connectivity index is 1.30. The molecule has 0 spiro atoms. The summed E-state index contributed by atoms with van der Waals surface area (Å²) in [6.45, 7) is 0.308. The third-order valence-electron chi connectivity index (χ3n) is 5.71. The lowest BCUT2D eigenvalue weighted by Gasteiger charge is -2.23. The first kappa shape index (κ1) is 21.6. The normalized spacial score (nSPS) is 16.8. The predicted octanol–water partition coefficient (Wildman–Crippen LogP) is 3.86. The third-order valence-corrected chi connectivity index (χ3v) is 8.41. The Kier molecular flexibility index (Phi) is 5.65. The second kappa shape index (κ2) is 8.62. The number of hydrogen-bond donors (Lipinski definition) is 1. The molecule has 8 nitrogen and oxygen atoms in total. The number of methoxy groups -OCH3 is 1. The summed E-state index contributed by atoms with van der Waals surface area (Å²) in [6.07, 6.45) is 5.02. The van der Waals surface area contributed by atoms with E-state index in [1.807, 2.05) is 34.3 Å². The number of anilines is 1. The van der Waals surface area contributed by atoms with E-state index in [1.165, 1.54) is 23.5 Å². The molecule has 2 aromatic heterocycles. The zero-order valence-electron chi connectivity index (χ0n) is 17.8. The van der Waals surface area contributed by atoms with Gasteiger partial charge in [0.2, 0.25) is 15.9 Å². The van der Waals surface area contributed by atoms with Gasteiger partial charge in [-0.25, -0.2) is 13.4 Å². The predicted molar refractivity (Wildman–Crippen MR) is 127 cm³/mol. The van der Waals surface area contributed by atoms with Crippen LogP contribution in [-0.2, 0) is 14.8 Å². The fourth-order valence-corrected chi connectivity index (χ4v) is 6.35. The van der Waals surface area contributed by atoms with Gasteiger partial charge in [-0.2, -0.15) is 4.31 Å². The quantitative estimate of drug-likeness (QED) is 0.450. The Morgan fingerprint density at radius 2 is 1.91 bits per heavy atom. The molecule has 10 heteroatoms. The number of aromatic nitrogens is 2. The number of amides is 1. The van der Waals surface area contributed by atoms with E-state index in [-0.39, 0.29) is 10.8 Å². The van der Waals surface area contributed by atoms with Gasteiger partial charge in [-0.1, -0.05) is 12.1 Å². The molecule has 1 aliphatic rings. The minimum absolute atomic E-state index is 0.146. The van der Waals surface area contributed by atoms with Crippen LogP contribution in [0.5, 0.6) is 5.75 Å². The lowest BCUT2D eigenvalue weighted by atomic mass is 10.1. The topological polar surface area (TPSA) is 93.0 Å². The average molecular weight is 483 g/mol. The Bertz CT molecular complexity index is 1360. The molecule has 3 heterocycles. The molecule has 170 valence electrons. The highest BCUT2D eigenvalue weighted by Crippen LogP contribution is 2.29. The van der Waals surface area contributed by atoms with Gasteiger partial charge in [-0.05, 0) is 49.2 Å². The van der Waals surface area contributed by atoms with Gasteiger partial charge in [-0.15, -0.1) is 11.3 Å². The van der Waals surface area contributed by atoms with Crippen LogP contribution in [0.1, 0.15) is 12.8 Å². The maximum Gasteiger partial charge on any atom is 0.243 e. The van der Waals surface area contributed by atoms with E-state index in [4.69, 9.17) is 4.74 Å². The van der Waals surface area contributed by atoms with Crippen molar-refractivity contribution in [3.05, 3.63) is 66.3 Å². The standard InChI is InChI=1S/C23H22N4O4S2/c1-31-18-8-10-19(11-9-18)33(29,30)27-12-2-3-21(27)22(28)24-17-6-4-16(5-7-17)20-15-26-13-14-32-23(26)25-20/h4-11,13-15,21H,2-3,12H2,1H3,(H,24,28)/t21-/m0/s1. The van der Waals surface area contributed by atoms with E-state index >= 15 is 0 Å². The van der Waals surface area contributed by atoms with Gasteiger partial charge in [0.1, 0.15) is 11.8 Å². The number of hydrogen-bond acceptors (Lipinski definition) is 6. The summed E-state index contributed by atoms with van der Waals surface area (Å²) in [6, 6.07) is 12.8. The molecule has 5 rings (SSSR count). The first-order valence-corrected chi connectivity index (χ1v) is 12.8. The SMILES string of the molecule is COc1ccc(S(=O)(=O)N2CCC[C@H]2C(=O)Nc2ccc(-c3cn4ccsc4n3)cc2)cc1. The first-order valence-electron chi connectivity index (χ1n) is 10.4. The molecule has 0 unspecified atom stereocenters. The largest absolute Gasteiger partial charge is 0.497 e. The number of thiazole rings is 1. The average Bonchev–Trinajstić information content (AvgIpc) is 3.56. The molecule has 0 bridgehead atoms. The second-order valence-electron chi connectivity index (χ2n) is 7.73. The van der Waals surface area contributed by atoms with Crippen molar-refractivity contribution in [1.29, 1.82) is 0 Å². The van der Waals surface area contributed by atoms with Gasteiger partial charge in [0.05, 0.1) is 17.7 Å². The fourth-order valence-electron chi connectivity index (χ4n) is 3.99. The smallest absolute Gasteiger partial charge is 0.243 e. The summed E-state index contributed by atoms with van der Waals surface area (Å²) < 4.78 is 34.7. The van der Waals surface area contributed by atoms with E-state index in [0.717, 1.165) is 16.2 Å².